The van der Waals surface area contributed by atoms with E-state index in [2.05, 4.69) is 14.5 Å². The highest BCUT2D eigenvalue weighted by Crippen LogP contribution is 2.52. The predicted molar refractivity (Wildman–Crippen MR) is 120 cm³/mol. The normalized spacial score (nSPS) is 16.8. The van der Waals surface area contributed by atoms with Crippen LogP contribution >= 0.6 is 0 Å². The Balaban J connectivity index is 0.00000289. The molecule has 1 fully saturated rings. The number of carbonyl (C=O) groups is 2. The number of pyridine rings is 1. The zero-order chi connectivity index (χ0) is 24.3. The van der Waals surface area contributed by atoms with Crippen molar-refractivity contribution < 1.29 is 34.4 Å². The van der Waals surface area contributed by atoms with Gasteiger partial charge in [0.25, 0.3) is 0 Å². The van der Waals surface area contributed by atoms with E-state index in [0.717, 1.165) is 5.56 Å². The van der Waals surface area contributed by atoms with Crippen LogP contribution in [0.2, 0.25) is 0 Å². The highest BCUT2D eigenvalue weighted by molar-refractivity contribution is 5.96. The van der Waals surface area contributed by atoms with Gasteiger partial charge < -0.3 is 14.6 Å². The molecule has 2 aromatic carbocycles. The van der Waals surface area contributed by atoms with Gasteiger partial charge in [0, 0.05) is 24.7 Å². The minimum Gasteiger partial charge on any atom is -0.508 e. The van der Waals surface area contributed by atoms with Gasteiger partial charge in [-0.1, -0.05) is 12.1 Å². The molecule has 0 unspecified atom stereocenters. The fraction of sp³-hybridized carbons (Fsp3) is 0.269. The molecule has 0 amide bonds. The number of aromatic hydroxyl groups is 1. The van der Waals surface area contributed by atoms with Crippen LogP contribution in [0.5, 0.6) is 17.2 Å². The number of aryl methyl sites for hydroxylation is 1. The first-order valence-electron chi connectivity index (χ1n) is 10.8. The van der Waals surface area contributed by atoms with Gasteiger partial charge in [-0.15, -0.1) is 8.78 Å². The predicted octanol–water partition coefficient (Wildman–Crippen LogP) is 5.38. The number of aromatic nitrogens is 1. The molecule has 5 rings (SSSR count). The average molecular weight is 467 g/mol. The summed E-state index contributed by atoms with van der Waals surface area (Å²) < 4.78 is 35.7. The van der Waals surface area contributed by atoms with Crippen molar-refractivity contribution >= 4 is 11.6 Å². The molecule has 2 heterocycles. The van der Waals surface area contributed by atoms with Crippen LogP contribution in [0.4, 0.5) is 8.78 Å². The third kappa shape index (κ3) is 3.89. The molecular weight excluding hydrogens is 444 g/mol. The number of nitrogens with zero attached hydrogens (tertiary/aromatic N) is 1. The van der Waals surface area contributed by atoms with Crippen molar-refractivity contribution in [2.45, 2.75) is 44.8 Å². The summed E-state index contributed by atoms with van der Waals surface area (Å²) in [6.07, 6.45) is -2.45. The van der Waals surface area contributed by atoms with Gasteiger partial charge in [0.15, 0.2) is 17.3 Å². The summed E-state index contributed by atoms with van der Waals surface area (Å²) in [4.78, 5) is 29.8. The largest absolute Gasteiger partial charge is 0.586 e. The van der Waals surface area contributed by atoms with Crippen LogP contribution in [-0.2, 0) is 16.6 Å². The van der Waals surface area contributed by atoms with Crippen LogP contribution in [0, 0.1) is 6.92 Å². The summed E-state index contributed by atoms with van der Waals surface area (Å²) in [7, 11) is 0. The smallest absolute Gasteiger partial charge is 0.508 e. The van der Waals surface area contributed by atoms with Crippen molar-refractivity contribution in [2.75, 3.05) is 0 Å². The van der Waals surface area contributed by atoms with E-state index in [-0.39, 0.29) is 36.7 Å². The van der Waals surface area contributed by atoms with Crippen LogP contribution in [-0.4, -0.2) is 28.0 Å². The molecule has 1 aliphatic heterocycles. The Labute approximate surface area is 195 Å². The third-order valence-corrected chi connectivity index (χ3v) is 6.33. The Morgan fingerprint density at radius 1 is 1.06 bits per heavy atom. The van der Waals surface area contributed by atoms with E-state index < -0.39 is 11.7 Å². The van der Waals surface area contributed by atoms with Crippen LogP contribution in [0.3, 0.4) is 0 Å². The number of fused-ring (bicyclic) bond motifs is 1. The molecule has 1 N–H and O–H groups in total. The Morgan fingerprint density at radius 2 is 1.79 bits per heavy atom. The zero-order valence-electron chi connectivity index (χ0n) is 18.5. The SMILES string of the molecule is CC(=O)c1cc(O)cc(-c2nc(CC(=O)C3(c4ccc5c(c4)OC(F)(F)O5)CC3)ccc2C)c1.[HH]. The number of alkyl halides is 2. The highest BCUT2D eigenvalue weighted by atomic mass is 19.3. The van der Waals surface area contributed by atoms with Gasteiger partial charge >= 0.3 is 6.29 Å². The van der Waals surface area contributed by atoms with E-state index in [1.807, 2.05) is 13.0 Å². The summed E-state index contributed by atoms with van der Waals surface area (Å²) >= 11 is 0. The molecule has 1 aromatic heterocycles. The van der Waals surface area contributed by atoms with Gasteiger partial charge in [0.05, 0.1) is 11.1 Å². The first-order valence-corrected chi connectivity index (χ1v) is 10.8. The van der Waals surface area contributed by atoms with E-state index in [9.17, 15) is 23.5 Å². The van der Waals surface area contributed by atoms with E-state index >= 15 is 0 Å². The second-order valence-corrected chi connectivity index (χ2v) is 8.80. The zero-order valence-corrected chi connectivity index (χ0v) is 18.5. The van der Waals surface area contributed by atoms with Crippen LogP contribution < -0.4 is 9.47 Å². The van der Waals surface area contributed by atoms with E-state index in [4.69, 9.17) is 0 Å². The maximum Gasteiger partial charge on any atom is 0.586 e. The minimum absolute atomic E-state index is 0. The lowest BCUT2D eigenvalue weighted by atomic mass is 9.88. The fourth-order valence-corrected chi connectivity index (χ4v) is 4.34. The molecule has 0 atom stereocenters. The van der Waals surface area contributed by atoms with Crippen molar-refractivity contribution in [3.8, 4) is 28.5 Å². The number of phenols is 1. The quantitative estimate of drug-likeness (QED) is 0.490. The van der Waals surface area contributed by atoms with Gasteiger partial charge in [-0.2, -0.15) is 0 Å². The molecule has 2 aliphatic rings. The summed E-state index contributed by atoms with van der Waals surface area (Å²) in [6, 6.07) is 12.7. The second kappa shape index (κ2) is 7.62. The molecule has 176 valence electrons. The number of benzene rings is 2. The van der Waals surface area contributed by atoms with E-state index in [1.165, 1.54) is 31.2 Å². The molecule has 0 spiro atoms. The van der Waals surface area contributed by atoms with E-state index in [1.54, 1.807) is 18.2 Å². The minimum atomic E-state index is -3.71. The van der Waals surface area contributed by atoms with Crippen molar-refractivity contribution in [1.29, 1.82) is 0 Å². The molecule has 6 nitrogen and oxygen atoms in total. The van der Waals surface area contributed by atoms with Crippen LogP contribution in [0.1, 0.15) is 48.4 Å². The van der Waals surface area contributed by atoms with Crippen LogP contribution in [0.15, 0.2) is 48.5 Å². The number of phenolic OH excluding ortho intramolecular Hbond substituents is 1. The number of hydrogen-bond donors (Lipinski definition) is 1. The summed E-state index contributed by atoms with van der Waals surface area (Å²) in [5, 5.41) is 10.0. The highest BCUT2D eigenvalue weighted by Gasteiger charge is 2.52. The lowest BCUT2D eigenvalue weighted by Gasteiger charge is -2.16. The van der Waals surface area contributed by atoms with Gasteiger partial charge in [0.2, 0.25) is 0 Å². The average Bonchev–Trinajstić information content (AvgIpc) is 3.51. The first kappa shape index (κ1) is 22.0. The molecule has 0 radical (unpaired) electrons. The number of ether oxygens (including phenoxy) is 2. The van der Waals surface area contributed by atoms with E-state index in [0.29, 0.717) is 40.9 Å². The summed E-state index contributed by atoms with van der Waals surface area (Å²) in [5.41, 5.74) is 2.72. The molecule has 1 saturated carbocycles. The number of halogens is 2. The Hall–Kier alpha value is -3.81. The summed E-state index contributed by atoms with van der Waals surface area (Å²) in [6.45, 7) is 3.27. The van der Waals surface area contributed by atoms with Crippen LogP contribution in [0.25, 0.3) is 11.3 Å². The molecular formula is C26H23F2NO5. The number of hydrogen-bond acceptors (Lipinski definition) is 6. The van der Waals surface area contributed by atoms with Gasteiger partial charge in [0.1, 0.15) is 11.5 Å². The lowest BCUT2D eigenvalue weighted by Crippen LogP contribution is -2.26. The molecule has 1 aliphatic carbocycles. The van der Waals surface area contributed by atoms with Crippen molar-refractivity contribution in [3.63, 3.8) is 0 Å². The van der Waals surface area contributed by atoms with Gasteiger partial charge in [-0.3, -0.25) is 14.6 Å². The molecule has 8 heteroatoms. The molecule has 3 aromatic rings. The number of rotatable bonds is 6. The monoisotopic (exact) mass is 467 g/mol. The Kier molecular flexibility index (Phi) is 4.93. The number of Topliss-reactive ketones (excluding diaryl/α,β-unsaturated/α-hetero) is 2. The fourth-order valence-electron chi connectivity index (χ4n) is 4.34. The third-order valence-electron chi connectivity index (χ3n) is 6.33. The standard InChI is InChI=1S/C26H21F2NO5.H2/c1-14-3-5-19(29-24(14)17-9-16(15(2)30)10-20(31)11-17)13-23(32)25(7-8-25)18-4-6-21-22(12-18)34-26(27,28)33-21;/h3-6,9-12,31H,7-8,13H2,1-2H3;1H. The Morgan fingerprint density at radius 3 is 2.50 bits per heavy atom. The van der Waals surface area contributed by atoms with Crippen molar-refractivity contribution in [1.82, 2.24) is 4.98 Å². The number of carbonyl (C=O) groups excluding carboxylic acids is 2. The topological polar surface area (TPSA) is 85.7 Å². The Bertz CT molecular complexity index is 1350. The van der Waals surface area contributed by atoms with Gasteiger partial charge in [-0.25, -0.2) is 0 Å². The maximum atomic E-state index is 13.4. The second-order valence-electron chi connectivity index (χ2n) is 8.80. The number of ketones is 2. The molecule has 0 saturated heterocycles. The maximum absolute atomic E-state index is 13.4. The lowest BCUT2D eigenvalue weighted by molar-refractivity contribution is -0.286. The van der Waals surface area contributed by atoms with Crippen molar-refractivity contribution in [3.05, 3.63) is 70.9 Å². The summed E-state index contributed by atoms with van der Waals surface area (Å²) in [5.74, 6) is -0.435. The molecule has 34 heavy (non-hydrogen) atoms. The molecule has 0 bridgehead atoms. The van der Waals surface area contributed by atoms with Gasteiger partial charge in [-0.05, 0) is 74.2 Å². The first-order chi connectivity index (χ1) is 16.1. The van der Waals surface area contributed by atoms with Crippen molar-refractivity contribution in [2.24, 2.45) is 0 Å².